The molecule has 2 heterocycles. The monoisotopic (exact) mass is 496 g/mol. The second kappa shape index (κ2) is 11.0. The normalized spacial score (nSPS) is 16.2. The summed E-state index contributed by atoms with van der Waals surface area (Å²) in [5.41, 5.74) is 3.81. The maximum absolute atomic E-state index is 14.0. The predicted octanol–water partition coefficient (Wildman–Crippen LogP) is 8.36. The van der Waals surface area contributed by atoms with Crippen LogP contribution in [-0.4, -0.2) is 15.3 Å². The molecular weight excluding hydrogens is 456 g/mol. The number of aryl methyl sites for hydroxylation is 2. The minimum atomic E-state index is 0.117. The standard InChI is InChI=1S/C29H40N2OS2/c1-6-7-8-9-10-11-18-33-28-30-26-25(27(32)31(28)22-15-12-20(2)13-16-22)23-17-14-21(29(3,4)5)19-24(23)34-26/h12-13,15-16,21H,6-11,14,17-19H2,1-5H3. The van der Waals surface area contributed by atoms with Crippen molar-refractivity contribution in [1.29, 1.82) is 0 Å². The van der Waals surface area contributed by atoms with Crippen molar-refractivity contribution < 1.29 is 0 Å². The third-order valence-electron chi connectivity index (χ3n) is 7.30. The summed E-state index contributed by atoms with van der Waals surface area (Å²) in [5, 5.41) is 1.72. The van der Waals surface area contributed by atoms with E-state index in [1.807, 2.05) is 4.57 Å². The molecule has 0 saturated carbocycles. The average molecular weight is 497 g/mol. The molecule has 1 unspecified atom stereocenters. The van der Waals surface area contributed by atoms with E-state index in [-0.39, 0.29) is 5.56 Å². The summed E-state index contributed by atoms with van der Waals surface area (Å²) in [6, 6.07) is 8.30. The fraction of sp³-hybridized carbons (Fsp3) is 0.586. The molecule has 34 heavy (non-hydrogen) atoms. The van der Waals surface area contributed by atoms with Gasteiger partial charge in [-0.15, -0.1) is 11.3 Å². The van der Waals surface area contributed by atoms with Crippen molar-refractivity contribution in [3.05, 3.63) is 50.6 Å². The van der Waals surface area contributed by atoms with Crippen molar-refractivity contribution in [2.45, 2.75) is 97.6 Å². The van der Waals surface area contributed by atoms with Crippen LogP contribution in [0.2, 0.25) is 0 Å². The number of nitrogens with zero attached hydrogens (tertiary/aromatic N) is 2. The van der Waals surface area contributed by atoms with Crippen LogP contribution in [0.25, 0.3) is 15.9 Å². The van der Waals surface area contributed by atoms with Gasteiger partial charge in [0.05, 0.1) is 11.1 Å². The van der Waals surface area contributed by atoms with Crippen LogP contribution in [-0.2, 0) is 12.8 Å². The topological polar surface area (TPSA) is 34.9 Å². The summed E-state index contributed by atoms with van der Waals surface area (Å²) in [4.78, 5) is 21.4. The molecule has 1 aliphatic rings. The fourth-order valence-electron chi connectivity index (χ4n) is 5.01. The van der Waals surface area contributed by atoms with Crippen molar-refractivity contribution in [1.82, 2.24) is 9.55 Å². The minimum Gasteiger partial charge on any atom is -0.268 e. The molecule has 2 aromatic heterocycles. The molecule has 0 aliphatic heterocycles. The molecule has 1 aromatic carbocycles. The van der Waals surface area contributed by atoms with Crippen molar-refractivity contribution in [2.24, 2.45) is 11.3 Å². The minimum absolute atomic E-state index is 0.117. The van der Waals surface area contributed by atoms with Crippen LogP contribution in [0.5, 0.6) is 0 Å². The molecule has 4 rings (SSSR count). The number of benzene rings is 1. The molecule has 1 atom stereocenters. The highest BCUT2D eigenvalue weighted by Gasteiger charge is 2.32. The van der Waals surface area contributed by atoms with Gasteiger partial charge in [-0.1, -0.05) is 89.3 Å². The highest BCUT2D eigenvalue weighted by molar-refractivity contribution is 7.99. The Bertz CT molecular complexity index is 1170. The number of rotatable bonds is 9. The number of thioether (sulfide) groups is 1. The molecule has 3 nitrogen and oxygen atoms in total. The van der Waals surface area contributed by atoms with E-state index in [2.05, 4.69) is 58.9 Å². The third-order valence-corrected chi connectivity index (χ3v) is 9.47. The Hall–Kier alpha value is -1.59. The Morgan fingerprint density at radius 2 is 1.79 bits per heavy atom. The second-order valence-corrected chi connectivity index (χ2v) is 13.1. The Balaban J connectivity index is 1.68. The van der Waals surface area contributed by atoms with Gasteiger partial charge in [0.15, 0.2) is 5.16 Å². The molecule has 3 aromatic rings. The Morgan fingerprint density at radius 3 is 2.50 bits per heavy atom. The molecular formula is C29H40N2OS2. The molecule has 5 heteroatoms. The number of unbranched alkanes of at least 4 members (excludes halogenated alkanes) is 5. The van der Waals surface area contributed by atoms with Crippen LogP contribution in [0.15, 0.2) is 34.2 Å². The molecule has 0 saturated heterocycles. The number of hydrogen-bond acceptors (Lipinski definition) is 4. The van der Waals surface area contributed by atoms with Gasteiger partial charge in [-0.05, 0) is 61.6 Å². The predicted molar refractivity (Wildman–Crippen MR) is 149 cm³/mol. The van der Waals surface area contributed by atoms with Crippen LogP contribution in [0.4, 0.5) is 0 Å². The SMILES string of the molecule is CCCCCCCCSc1nc2sc3c(c2c(=O)n1-c1ccc(C)cc1)CCC(C(C)(C)C)C3. The van der Waals surface area contributed by atoms with E-state index < -0.39 is 0 Å². The molecule has 1 aliphatic carbocycles. The molecule has 0 fully saturated rings. The summed E-state index contributed by atoms with van der Waals surface area (Å²) in [7, 11) is 0. The summed E-state index contributed by atoms with van der Waals surface area (Å²) >= 11 is 3.52. The van der Waals surface area contributed by atoms with Gasteiger partial charge in [0.1, 0.15) is 4.83 Å². The van der Waals surface area contributed by atoms with Gasteiger partial charge in [0, 0.05) is 10.6 Å². The van der Waals surface area contributed by atoms with Gasteiger partial charge in [-0.2, -0.15) is 0 Å². The van der Waals surface area contributed by atoms with Crippen molar-refractivity contribution in [2.75, 3.05) is 5.75 Å². The van der Waals surface area contributed by atoms with Crippen LogP contribution in [0.3, 0.4) is 0 Å². The molecule has 0 amide bonds. The zero-order chi connectivity index (χ0) is 24.3. The van der Waals surface area contributed by atoms with E-state index in [0.29, 0.717) is 11.3 Å². The highest BCUT2D eigenvalue weighted by Crippen LogP contribution is 2.42. The third kappa shape index (κ3) is 5.62. The van der Waals surface area contributed by atoms with E-state index in [1.165, 1.54) is 54.5 Å². The smallest absolute Gasteiger partial charge is 0.267 e. The summed E-state index contributed by atoms with van der Waals surface area (Å²) < 4.78 is 1.88. The van der Waals surface area contributed by atoms with E-state index in [0.717, 1.165) is 46.1 Å². The zero-order valence-electron chi connectivity index (χ0n) is 21.6. The molecule has 0 bridgehead atoms. The summed E-state index contributed by atoms with van der Waals surface area (Å²) in [6.45, 7) is 11.4. The van der Waals surface area contributed by atoms with E-state index in [9.17, 15) is 4.79 Å². The van der Waals surface area contributed by atoms with E-state index in [1.54, 1.807) is 23.1 Å². The first kappa shape index (κ1) is 25.5. The zero-order valence-corrected chi connectivity index (χ0v) is 23.2. The Morgan fingerprint density at radius 1 is 1.09 bits per heavy atom. The molecule has 0 N–H and O–H groups in total. The lowest BCUT2D eigenvalue weighted by atomic mass is 9.72. The fourth-order valence-corrected chi connectivity index (χ4v) is 7.36. The summed E-state index contributed by atoms with van der Waals surface area (Å²) in [6.07, 6.45) is 10.9. The number of thiophene rings is 1. The number of fused-ring (bicyclic) bond motifs is 3. The maximum atomic E-state index is 14.0. The first-order valence-corrected chi connectivity index (χ1v) is 14.9. The largest absolute Gasteiger partial charge is 0.268 e. The Labute approximate surface area is 213 Å². The van der Waals surface area contributed by atoms with E-state index >= 15 is 0 Å². The second-order valence-electron chi connectivity index (χ2n) is 11.0. The molecule has 0 spiro atoms. The van der Waals surface area contributed by atoms with Crippen LogP contribution >= 0.6 is 23.1 Å². The molecule has 0 radical (unpaired) electrons. The average Bonchev–Trinajstić information content (AvgIpc) is 3.17. The van der Waals surface area contributed by atoms with Crippen LogP contribution in [0, 0.1) is 18.3 Å². The highest BCUT2D eigenvalue weighted by atomic mass is 32.2. The van der Waals surface area contributed by atoms with Crippen molar-refractivity contribution in [3.8, 4) is 5.69 Å². The number of hydrogen-bond donors (Lipinski definition) is 0. The first-order chi connectivity index (χ1) is 16.3. The van der Waals surface area contributed by atoms with Crippen molar-refractivity contribution >= 4 is 33.3 Å². The Kier molecular flexibility index (Phi) is 8.24. The van der Waals surface area contributed by atoms with Gasteiger partial charge in [0.2, 0.25) is 0 Å². The van der Waals surface area contributed by atoms with Crippen LogP contribution < -0.4 is 5.56 Å². The van der Waals surface area contributed by atoms with Gasteiger partial charge in [-0.25, -0.2) is 4.98 Å². The lowest BCUT2D eigenvalue weighted by Crippen LogP contribution is -2.27. The molecule has 184 valence electrons. The lowest BCUT2D eigenvalue weighted by Gasteiger charge is -2.33. The summed E-state index contributed by atoms with van der Waals surface area (Å²) in [5.74, 6) is 1.67. The quantitative estimate of drug-likeness (QED) is 0.170. The van der Waals surface area contributed by atoms with Gasteiger partial charge >= 0.3 is 0 Å². The van der Waals surface area contributed by atoms with Crippen molar-refractivity contribution in [3.63, 3.8) is 0 Å². The lowest BCUT2D eigenvalue weighted by molar-refractivity contribution is 0.218. The van der Waals surface area contributed by atoms with Gasteiger partial charge < -0.3 is 0 Å². The van der Waals surface area contributed by atoms with Crippen LogP contribution in [0.1, 0.15) is 88.6 Å². The van der Waals surface area contributed by atoms with Gasteiger partial charge in [0.25, 0.3) is 5.56 Å². The first-order valence-electron chi connectivity index (χ1n) is 13.1. The van der Waals surface area contributed by atoms with Gasteiger partial charge in [-0.3, -0.25) is 9.36 Å². The van der Waals surface area contributed by atoms with E-state index in [4.69, 9.17) is 4.98 Å². The maximum Gasteiger partial charge on any atom is 0.267 e. The number of aromatic nitrogens is 2.